The van der Waals surface area contributed by atoms with Gasteiger partial charge in [0.25, 0.3) is 0 Å². The van der Waals surface area contributed by atoms with E-state index in [1.54, 1.807) is 7.11 Å². The number of guanidine groups is 1. The Morgan fingerprint density at radius 1 is 1.53 bits per heavy atom. The summed E-state index contributed by atoms with van der Waals surface area (Å²) in [5.74, 6) is 0.515. The van der Waals surface area contributed by atoms with Gasteiger partial charge in [-0.3, -0.25) is 9.89 Å². The van der Waals surface area contributed by atoms with Crippen LogP contribution in [0.3, 0.4) is 0 Å². The first-order valence-electron chi connectivity index (χ1n) is 6.43. The number of nitrogens with zero attached hydrogens (tertiary/aromatic N) is 2. The Morgan fingerprint density at radius 2 is 2.24 bits per heavy atom. The van der Waals surface area contributed by atoms with Crippen molar-refractivity contribution in [3.63, 3.8) is 0 Å². The molecule has 1 saturated carbocycles. The number of hydrogen-bond donors (Lipinski definition) is 2. The van der Waals surface area contributed by atoms with E-state index in [1.807, 2.05) is 0 Å². The summed E-state index contributed by atoms with van der Waals surface area (Å²) in [5, 5.41) is 3.02. The molecule has 17 heavy (non-hydrogen) atoms. The molecule has 0 aromatic rings. The Bertz CT molecular complexity index is 237. The second-order valence-electron chi connectivity index (χ2n) is 4.75. The molecular formula is C12H26N4O. The van der Waals surface area contributed by atoms with E-state index >= 15 is 0 Å². The number of nitrogens with one attached hydrogen (secondary N) is 1. The Hall–Kier alpha value is -0.810. The van der Waals surface area contributed by atoms with Crippen LogP contribution < -0.4 is 11.1 Å². The van der Waals surface area contributed by atoms with Crippen molar-refractivity contribution in [2.24, 2.45) is 10.7 Å². The summed E-state index contributed by atoms with van der Waals surface area (Å²) in [5.41, 5.74) is 5.73. The van der Waals surface area contributed by atoms with Crippen molar-refractivity contribution in [3.8, 4) is 0 Å². The molecule has 1 fully saturated rings. The van der Waals surface area contributed by atoms with Gasteiger partial charge < -0.3 is 15.8 Å². The lowest BCUT2D eigenvalue weighted by Gasteiger charge is -2.25. The molecule has 1 aliphatic rings. The third-order valence-corrected chi connectivity index (χ3v) is 2.93. The van der Waals surface area contributed by atoms with E-state index in [0.717, 1.165) is 19.1 Å². The number of aliphatic imine (C=N–C) groups is 1. The maximum atomic E-state index is 5.73. The molecule has 0 aliphatic heterocycles. The largest absolute Gasteiger partial charge is 0.383 e. The summed E-state index contributed by atoms with van der Waals surface area (Å²) in [6.45, 7) is 7.60. The van der Waals surface area contributed by atoms with Gasteiger partial charge in [0, 0.05) is 32.3 Å². The predicted molar refractivity (Wildman–Crippen MR) is 71.2 cm³/mol. The molecule has 1 aliphatic carbocycles. The van der Waals surface area contributed by atoms with Crippen LogP contribution in [0.5, 0.6) is 0 Å². The molecule has 0 atom stereocenters. The standard InChI is InChI=1S/C12H26N4O/c1-10(2)16(11-4-5-11)8-6-14-12(13)15-7-9-17-3/h10-11H,4-9H2,1-3H3,(H3,13,14,15). The normalized spacial score (nSPS) is 16.9. The highest BCUT2D eigenvalue weighted by Crippen LogP contribution is 2.27. The maximum Gasteiger partial charge on any atom is 0.188 e. The van der Waals surface area contributed by atoms with Gasteiger partial charge in [0.15, 0.2) is 5.96 Å². The summed E-state index contributed by atoms with van der Waals surface area (Å²) in [6, 6.07) is 1.38. The fourth-order valence-electron chi connectivity index (χ4n) is 1.89. The van der Waals surface area contributed by atoms with E-state index in [2.05, 4.69) is 29.1 Å². The molecule has 100 valence electrons. The van der Waals surface area contributed by atoms with Gasteiger partial charge in [0.2, 0.25) is 0 Å². The molecule has 1 rings (SSSR count). The number of hydrogen-bond acceptors (Lipinski definition) is 3. The molecule has 5 heteroatoms. The summed E-state index contributed by atoms with van der Waals surface area (Å²) in [4.78, 5) is 6.82. The number of ether oxygens (including phenoxy) is 1. The Balaban J connectivity index is 2.17. The van der Waals surface area contributed by atoms with Gasteiger partial charge in [-0.1, -0.05) is 0 Å². The monoisotopic (exact) mass is 242 g/mol. The number of methoxy groups -OCH3 is 1. The Kier molecular flexibility index (Phi) is 6.29. The first kappa shape index (κ1) is 14.3. The minimum Gasteiger partial charge on any atom is -0.383 e. The molecular weight excluding hydrogens is 216 g/mol. The molecule has 0 aromatic heterocycles. The third-order valence-electron chi connectivity index (χ3n) is 2.93. The molecule has 0 bridgehead atoms. The van der Waals surface area contributed by atoms with Crippen LogP contribution in [0.2, 0.25) is 0 Å². The zero-order valence-electron chi connectivity index (χ0n) is 11.3. The van der Waals surface area contributed by atoms with E-state index in [0.29, 0.717) is 25.2 Å². The molecule has 0 heterocycles. The van der Waals surface area contributed by atoms with E-state index < -0.39 is 0 Å². The highest BCUT2D eigenvalue weighted by Gasteiger charge is 2.29. The third kappa shape index (κ3) is 5.89. The lowest BCUT2D eigenvalue weighted by Crippen LogP contribution is -2.37. The molecule has 0 amide bonds. The SMILES string of the molecule is COCCNC(N)=NCCN(C(C)C)C1CC1. The van der Waals surface area contributed by atoms with Crippen LogP contribution in [-0.4, -0.2) is 56.3 Å². The minimum atomic E-state index is 0.515. The second-order valence-corrected chi connectivity index (χ2v) is 4.75. The predicted octanol–water partition coefficient (Wildman–Crippen LogP) is 0.410. The van der Waals surface area contributed by atoms with Crippen molar-refractivity contribution in [2.75, 3.05) is 33.4 Å². The highest BCUT2D eigenvalue weighted by atomic mass is 16.5. The first-order valence-corrected chi connectivity index (χ1v) is 6.43. The van der Waals surface area contributed by atoms with Crippen LogP contribution in [0.4, 0.5) is 0 Å². The summed E-state index contributed by atoms with van der Waals surface area (Å²) >= 11 is 0. The zero-order valence-corrected chi connectivity index (χ0v) is 11.3. The van der Waals surface area contributed by atoms with Crippen LogP contribution in [0.15, 0.2) is 4.99 Å². The topological polar surface area (TPSA) is 62.9 Å². The van der Waals surface area contributed by atoms with Crippen LogP contribution in [0, 0.1) is 0 Å². The van der Waals surface area contributed by atoms with Crippen LogP contribution >= 0.6 is 0 Å². The molecule has 3 N–H and O–H groups in total. The average Bonchev–Trinajstić information content (AvgIpc) is 3.08. The first-order chi connectivity index (χ1) is 8.15. The fourth-order valence-corrected chi connectivity index (χ4v) is 1.89. The van der Waals surface area contributed by atoms with Crippen molar-refractivity contribution in [1.82, 2.24) is 10.2 Å². The van der Waals surface area contributed by atoms with Gasteiger partial charge in [0.05, 0.1) is 13.2 Å². The molecule has 0 spiro atoms. The van der Waals surface area contributed by atoms with E-state index in [1.165, 1.54) is 12.8 Å². The van der Waals surface area contributed by atoms with Gasteiger partial charge in [-0.15, -0.1) is 0 Å². The maximum absolute atomic E-state index is 5.73. The van der Waals surface area contributed by atoms with Crippen molar-refractivity contribution in [1.29, 1.82) is 0 Å². The van der Waals surface area contributed by atoms with E-state index in [-0.39, 0.29) is 0 Å². The molecule has 0 unspecified atom stereocenters. The van der Waals surface area contributed by atoms with Crippen LogP contribution in [0.25, 0.3) is 0 Å². The van der Waals surface area contributed by atoms with Crippen LogP contribution in [-0.2, 0) is 4.74 Å². The highest BCUT2D eigenvalue weighted by molar-refractivity contribution is 5.77. The van der Waals surface area contributed by atoms with Gasteiger partial charge in [0.1, 0.15) is 0 Å². The molecule has 0 aromatic carbocycles. The minimum absolute atomic E-state index is 0.515. The fraction of sp³-hybridized carbons (Fsp3) is 0.917. The summed E-state index contributed by atoms with van der Waals surface area (Å²) < 4.78 is 4.92. The van der Waals surface area contributed by atoms with Crippen molar-refractivity contribution >= 4 is 5.96 Å². The van der Waals surface area contributed by atoms with Gasteiger partial charge in [-0.25, -0.2) is 0 Å². The Labute approximate surface area is 104 Å². The molecule has 0 radical (unpaired) electrons. The number of rotatable bonds is 8. The van der Waals surface area contributed by atoms with Crippen molar-refractivity contribution in [2.45, 2.75) is 38.8 Å². The van der Waals surface area contributed by atoms with Gasteiger partial charge >= 0.3 is 0 Å². The van der Waals surface area contributed by atoms with Crippen molar-refractivity contribution in [3.05, 3.63) is 0 Å². The van der Waals surface area contributed by atoms with E-state index in [4.69, 9.17) is 10.5 Å². The lowest BCUT2D eigenvalue weighted by molar-refractivity contribution is 0.203. The smallest absolute Gasteiger partial charge is 0.188 e. The second kappa shape index (κ2) is 7.50. The quantitative estimate of drug-likeness (QED) is 0.368. The average molecular weight is 242 g/mol. The van der Waals surface area contributed by atoms with Gasteiger partial charge in [-0.2, -0.15) is 0 Å². The van der Waals surface area contributed by atoms with Crippen molar-refractivity contribution < 1.29 is 4.74 Å². The molecule has 5 nitrogen and oxygen atoms in total. The van der Waals surface area contributed by atoms with E-state index in [9.17, 15) is 0 Å². The number of nitrogens with two attached hydrogens (primary N) is 1. The van der Waals surface area contributed by atoms with Gasteiger partial charge in [-0.05, 0) is 26.7 Å². The summed E-state index contributed by atoms with van der Waals surface area (Å²) in [6.07, 6.45) is 2.67. The summed E-state index contributed by atoms with van der Waals surface area (Å²) in [7, 11) is 1.67. The molecule has 0 saturated heterocycles. The zero-order chi connectivity index (χ0) is 12.7. The lowest BCUT2D eigenvalue weighted by atomic mass is 10.3. The van der Waals surface area contributed by atoms with Crippen LogP contribution in [0.1, 0.15) is 26.7 Å². The Morgan fingerprint density at radius 3 is 2.76 bits per heavy atom.